The molecule has 2 aromatic rings. The van der Waals surface area contributed by atoms with Crippen LogP contribution in [0, 0.1) is 12.3 Å². The predicted octanol–water partition coefficient (Wildman–Crippen LogP) is 4.62. The lowest BCUT2D eigenvalue weighted by atomic mass is 9.96. The molecule has 0 fully saturated rings. The highest BCUT2D eigenvalue weighted by molar-refractivity contribution is 7.18. The first-order valence-corrected chi connectivity index (χ1v) is 8.81. The van der Waals surface area contributed by atoms with Gasteiger partial charge in [0.05, 0.1) is 9.88 Å². The van der Waals surface area contributed by atoms with Crippen LogP contribution in [0.15, 0.2) is 30.3 Å². The molecule has 0 atom stereocenters. The van der Waals surface area contributed by atoms with Gasteiger partial charge in [-0.25, -0.2) is 0 Å². The molecular formula is C18H21ClN2O2S. The maximum Gasteiger partial charge on any atom is 0.261 e. The molecule has 0 aliphatic carbocycles. The van der Waals surface area contributed by atoms with Crippen molar-refractivity contribution in [1.29, 1.82) is 0 Å². The third-order valence-electron chi connectivity index (χ3n) is 3.38. The maximum absolute atomic E-state index is 12.4. The van der Waals surface area contributed by atoms with Crippen LogP contribution in [0.4, 0.5) is 5.00 Å². The normalized spacial score (nSPS) is 11.2. The van der Waals surface area contributed by atoms with Gasteiger partial charge in [-0.05, 0) is 36.2 Å². The van der Waals surface area contributed by atoms with Crippen LogP contribution in [0.3, 0.4) is 0 Å². The Morgan fingerprint density at radius 3 is 2.54 bits per heavy atom. The number of aryl methyl sites for hydroxylation is 1. The molecule has 0 unspecified atom stereocenters. The summed E-state index contributed by atoms with van der Waals surface area (Å²) in [5.74, 6) is -0.233. The molecule has 0 saturated heterocycles. The molecule has 4 nitrogen and oxygen atoms in total. The molecular weight excluding hydrogens is 344 g/mol. The molecule has 0 saturated carbocycles. The Balaban J connectivity index is 2.03. The fourth-order valence-corrected chi connectivity index (χ4v) is 3.18. The summed E-state index contributed by atoms with van der Waals surface area (Å²) in [6, 6.07) is 9.18. The molecule has 2 amide bonds. The van der Waals surface area contributed by atoms with Crippen molar-refractivity contribution in [1.82, 2.24) is 5.32 Å². The second kappa shape index (κ2) is 7.36. The fraction of sp³-hybridized carbons (Fsp3) is 0.333. The van der Waals surface area contributed by atoms with Gasteiger partial charge in [-0.3, -0.25) is 9.59 Å². The van der Waals surface area contributed by atoms with E-state index in [1.807, 2.05) is 52.0 Å². The third kappa shape index (κ3) is 4.82. The highest BCUT2D eigenvalue weighted by Gasteiger charge is 2.23. The predicted molar refractivity (Wildman–Crippen MR) is 99.8 cm³/mol. The van der Waals surface area contributed by atoms with Gasteiger partial charge in [0.15, 0.2) is 0 Å². The Morgan fingerprint density at radius 1 is 1.21 bits per heavy atom. The van der Waals surface area contributed by atoms with Gasteiger partial charge < -0.3 is 10.6 Å². The van der Waals surface area contributed by atoms with Crippen molar-refractivity contribution in [2.75, 3.05) is 5.32 Å². The number of benzene rings is 1. The zero-order chi connectivity index (χ0) is 17.9. The molecule has 0 aliphatic rings. The molecule has 1 aromatic carbocycles. The minimum absolute atomic E-state index is 0.0744. The summed E-state index contributed by atoms with van der Waals surface area (Å²) in [6.07, 6.45) is 0. The van der Waals surface area contributed by atoms with E-state index in [9.17, 15) is 9.59 Å². The van der Waals surface area contributed by atoms with E-state index in [4.69, 9.17) is 11.6 Å². The van der Waals surface area contributed by atoms with Gasteiger partial charge in [-0.1, -0.05) is 44.5 Å². The van der Waals surface area contributed by atoms with Crippen molar-refractivity contribution in [2.24, 2.45) is 5.41 Å². The number of nitrogens with one attached hydrogen (secondary N) is 2. The summed E-state index contributed by atoms with van der Waals surface area (Å²) in [4.78, 5) is 25.0. The van der Waals surface area contributed by atoms with Crippen molar-refractivity contribution in [3.05, 3.63) is 51.4 Å². The van der Waals surface area contributed by atoms with Crippen molar-refractivity contribution in [3.63, 3.8) is 0 Å². The second-order valence-electron chi connectivity index (χ2n) is 6.64. The largest absolute Gasteiger partial charge is 0.347 e. The Kier molecular flexibility index (Phi) is 5.67. The summed E-state index contributed by atoms with van der Waals surface area (Å²) in [5.41, 5.74) is 1.30. The fourth-order valence-electron chi connectivity index (χ4n) is 1.98. The van der Waals surface area contributed by atoms with E-state index in [0.717, 1.165) is 11.1 Å². The lowest BCUT2D eigenvalue weighted by Crippen LogP contribution is -2.27. The third-order valence-corrected chi connectivity index (χ3v) is 4.77. The number of amides is 2. The first-order valence-electron chi connectivity index (χ1n) is 7.61. The summed E-state index contributed by atoms with van der Waals surface area (Å²) < 4.78 is 0. The maximum atomic E-state index is 12.4. The van der Waals surface area contributed by atoms with Crippen LogP contribution in [0.25, 0.3) is 0 Å². The molecule has 6 heteroatoms. The molecule has 1 aromatic heterocycles. The number of thiophene rings is 1. The first kappa shape index (κ1) is 18.5. The summed E-state index contributed by atoms with van der Waals surface area (Å²) >= 11 is 7.22. The Bertz CT molecular complexity index is 763. The van der Waals surface area contributed by atoms with E-state index in [1.54, 1.807) is 6.07 Å². The molecule has 0 aliphatic heterocycles. The molecule has 0 radical (unpaired) electrons. The minimum atomic E-state index is -0.479. The molecule has 24 heavy (non-hydrogen) atoms. The van der Waals surface area contributed by atoms with Crippen molar-refractivity contribution in [2.45, 2.75) is 34.2 Å². The molecule has 128 valence electrons. The molecule has 2 rings (SSSR count). The number of carbonyl (C=O) groups is 2. The summed E-state index contributed by atoms with van der Waals surface area (Å²) in [5, 5.41) is 7.06. The average Bonchev–Trinajstić information content (AvgIpc) is 2.84. The Labute approximate surface area is 151 Å². The minimum Gasteiger partial charge on any atom is -0.347 e. The van der Waals surface area contributed by atoms with E-state index in [-0.39, 0.29) is 11.8 Å². The van der Waals surface area contributed by atoms with Gasteiger partial charge in [-0.2, -0.15) is 0 Å². The number of anilines is 1. The smallest absolute Gasteiger partial charge is 0.261 e. The van der Waals surface area contributed by atoms with Crippen molar-refractivity contribution in [3.8, 4) is 0 Å². The van der Waals surface area contributed by atoms with Crippen LogP contribution in [-0.2, 0) is 11.3 Å². The van der Waals surface area contributed by atoms with Gasteiger partial charge in [-0.15, -0.1) is 11.3 Å². The van der Waals surface area contributed by atoms with Crippen LogP contribution in [-0.4, -0.2) is 11.8 Å². The summed E-state index contributed by atoms with van der Waals surface area (Å²) in [6.45, 7) is 7.81. The lowest BCUT2D eigenvalue weighted by Gasteiger charge is -2.16. The second-order valence-corrected chi connectivity index (χ2v) is 8.13. The summed E-state index contributed by atoms with van der Waals surface area (Å²) in [7, 11) is 0. The van der Waals surface area contributed by atoms with Crippen LogP contribution in [0.5, 0.6) is 0 Å². The molecule has 2 N–H and O–H groups in total. The molecule has 0 bridgehead atoms. The number of rotatable bonds is 4. The highest BCUT2D eigenvalue weighted by Crippen LogP contribution is 2.28. The SMILES string of the molecule is Cc1cc(NC(=O)C(C)(C)C)sc1C(=O)NCc1cccc(Cl)c1. The van der Waals surface area contributed by atoms with Crippen LogP contribution < -0.4 is 10.6 Å². The number of halogens is 1. The quantitative estimate of drug-likeness (QED) is 0.831. The van der Waals surface area contributed by atoms with Crippen LogP contribution in [0.2, 0.25) is 5.02 Å². The molecule has 0 spiro atoms. The Morgan fingerprint density at radius 2 is 1.92 bits per heavy atom. The monoisotopic (exact) mass is 364 g/mol. The standard InChI is InChI=1S/C18H21ClN2O2S/c1-11-8-14(21-17(23)18(2,3)4)24-15(11)16(22)20-10-12-6-5-7-13(19)9-12/h5-9H,10H2,1-4H3,(H,20,22)(H,21,23). The van der Waals surface area contributed by atoms with Gasteiger partial charge in [0.1, 0.15) is 0 Å². The Hall–Kier alpha value is -1.85. The molecule has 1 heterocycles. The van der Waals surface area contributed by atoms with E-state index < -0.39 is 5.41 Å². The number of hydrogen-bond acceptors (Lipinski definition) is 3. The lowest BCUT2D eigenvalue weighted by molar-refractivity contribution is -0.123. The van der Waals surface area contributed by atoms with Gasteiger partial charge in [0.25, 0.3) is 5.91 Å². The topological polar surface area (TPSA) is 58.2 Å². The highest BCUT2D eigenvalue weighted by atomic mass is 35.5. The van der Waals surface area contributed by atoms with Crippen molar-refractivity contribution < 1.29 is 9.59 Å². The van der Waals surface area contributed by atoms with Gasteiger partial charge in [0, 0.05) is 17.0 Å². The van der Waals surface area contributed by atoms with Crippen LogP contribution >= 0.6 is 22.9 Å². The zero-order valence-electron chi connectivity index (χ0n) is 14.2. The zero-order valence-corrected chi connectivity index (χ0v) is 15.8. The number of hydrogen-bond donors (Lipinski definition) is 2. The first-order chi connectivity index (χ1) is 11.2. The van der Waals surface area contributed by atoms with E-state index >= 15 is 0 Å². The van der Waals surface area contributed by atoms with E-state index in [1.165, 1.54) is 11.3 Å². The van der Waals surface area contributed by atoms with E-state index in [0.29, 0.717) is 21.4 Å². The van der Waals surface area contributed by atoms with Crippen molar-refractivity contribution >= 4 is 39.8 Å². The van der Waals surface area contributed by atoms with Crippen LogP contribution in [0.1, 0.15) is 41.6 Å². The van der Waals surface area contributed by atoms with E-state index in [2.05, 4.69) is 10.6 Å². The van der Waals surface area contributed by atoms with Gasteiger partial charge in [0.2, 0.25) is 5.91 Å². The average molecular weight is 365 g/mol. The van der Waals surface area contributed by atoms with Gasteiger partial charge >= 0.3 is 0 Å². The number of carbonyl (C=O) groups excluding carboxylic acids is 2.